The van der Waals surface area contributed by atoms with Gasteiger partial charge in [0.15, 0.2) is 0 Å². The zero-order valence-corrected chi connectivity index (χ0v) is 7.00. The van der Waals surface area contributed by atoms with Crippen molar-refractivity contribution in [1.29, 1.82) is 0 Å². The van der Waals surface area contributed by atoms with E-state index >= 15 is 0 Å². The van der Waals surface area contributed by atoms with E-state index in [1.165, 1.54) is 0 Å². The van der Waals surface area contributed by atoms with Crippen molar-refractivity contribution in [2.24, 2.45) is 0 Å². The van der Waals surface area contributed by atoms with Gasteiger partial charge in [0.25, 0.3) is 0 Å². The van der Waals surface area contributed by atoms with Gasteiger partial charge in [-0.15, -0.1) is 0 Å². The van der Waals surface area contributed by atoms with Crippen LogP contribution < -0.4 is 0 Å². The van der Waals surface area contributed by atoms with Crippen LogP contribution in [0.4, 0.5) is 0 Å². The van der Waals surface area contributed by atoms with Gasteiger partial charge >= 0.3 is 5.97 Å². The summed E-state index contributed by atoms with van der Waals surface area (Å²) >= 11 is 0. The summed E-state index contributed by atoms with van der Waals surface area (Å²) in [5, 5.41) is 8.48. The molecular formula is C8H12O4. The number of carbonyl (C=O) groups is 1. The number of rotatable bonds is 5. The van der Waals surface area contributed by atoms with Crippen LogP contribution in [0.2, 0.25) is 0 Å². The Morgan fingerprint density at radius 1 is 1.50 bits per heavy atom. The Labute approximate surface area is 71.1 Å². The molecule has 0 radical (unpaired) electrons. The SMILES string of the molecule is C=C(CO)OC(=C)C(=O)OCC. The van der Waals surface area contributed by atoms with Crippen LogP contribution in [-0.2, 0) is 14.3 Å². The lowest BCUT2D eigenvalue weighted by molar-refractivity contribution is -0.141. The topological polar surface area (TPSA) is 55.8 Å². The first kappa shape index (κ1) is 10.7. The van der Waals surface area contributed by atoms with Crippen LogP contribution in [0, 0.1) is 0 Å². The van der Waals surface area contributed by atoms with Gasteiger partial charge in [-0.05, 0) is 13.5 Å². The summed E-state index contributed by atoms with van der Waals surface area (Å²) in [5.41, 5.74) is 0. The second-order valence-corrected chi connectivity index (χ2v) is 1.94. The van der Waals surface area contributed by atoms with Crippen molar-refractivity contribution in [2.45, 2.75) is 6.92 Å². The van der Waals surface area contributed by atoms with E-state index in [4.69, 9.17) is 9.84 Å². The number of hydrogen-bond acceptors (Lipinski definition) is 4. The Hall–Kier alpha value is -1.29. The van der Waals surface area contributed by atoms with Gasteiger partial charge in [0.05, 0.1) is 6.61 Å². The molecule has 0 rings (SSSR count). The first-order chi connectivity index (χ1) is 5.61. The number of carbonyl (C=O) groups excluding carboxylic acids is 1. The number of aliphatic hydroxyl groups is 1. The highest BCUT2D eigenvalue weighted by molar-refractivity contribution is 5.85. The highest BCUT2D eigenvalue weighted by Gasteiger charge is 2.09. The molecule has 0 aliphatic heterocycles. The van der Waals surface area contributed by atoms with Crippen molar-refractivity contribution in [2.75, 3.05) is 13.2 Å². The molecule has 4 nitrogen and oxygen atoms in total. The van der Waals surface area contributed by atoms with Gasteiger partial charge in [-0.2, -0.15) is 0 Å². The highest BCUT2D eigenvalue weighted by atomic mass is 16.6. The Balaban J connectivity index is 3.87. The molecule has 68 valence electrons. The van der Waals surface area contributed by atoms with Crippen LogP contribution in [0.15, 0.2) is 24.7 Å². The summed E-state index contributed by atoms with van der Waals surface area (Å²) < 4.78 is 9.26. The summed E-state index contributed by atoms with van der Waals surface area (Å²) in [4.78, 5) is 10.8. The molecule has 0 aromatic rings. The zero-order valence-electron chi connectivity index (χ0n) is 7.00. The van der Waals surface area contributed by atoms with Gasteiger partial charge in [0.2, 0.25) is 5.76 Å². The second kappa shape index (κ2) is 5.37. The van der Waals surface area contributed by atoms with E-state index < -0.39 is 5.97 Å². The lowest BCUT2D eigenvalue weighted by Crippen LogP contribution is -2.10. The van der Waals surface area contributed by atoms with Crippen LogP contribution in [0.1, 0.15) is 6.92 Å². The average Bonchev–Trinajstić information content (AvgIpc) is 2.04. The maximum Gasteiger partial charge on any atom is 0.373 e. The molecule has 0 atom stereocenters. The van der Waals surface area contributed by atoms with Crippen molar-refractivity contribution in [3.8, 4) is 0 Å². The Kier molecular flexibility index (Phi) is 4.79. The van der Waals surface area contributed by atoms with Crippen LogP contribution >= 0.6 is 0 Å². The van der Waals surface area contributed by atoms with Crippen LogP contribution in [0.25, 0.3) is 0 Å². The van der Waals surface area contributed by atoms with Gasteiger partial charge in [-0.1, -0.05) is 6.58 Å². The normalized spacial score (nSPS) is 8.83. The molecule has 0 fully saturated rings. The number of ether oxygens (including phenoxy) is 2. The largest absolute Gasteiger partial charge is 0.460 e. The molecule has 0 aromatic carbocycles. The molecule has 4 heteroatoms. The van der Waals surface area contributed by atoms with Gasteiger partial charge in [-0.3, -0.25) is 0 Å². The van der Waals surface area contributed by atoms with E-state index in [2.05, 4.69) is 17.9 Å². The third kappa shape index (κ3) is 3.78. The molecule has 0 amide bonds. The summed E-state index contributed by atoms with van der Waals surface area (Å²) in [6.07, 6.45) is 0. The predicted molar refractivity (Wildman–Crippen MR) is 43.1 cm³/mol. The summed E-state index contributed by atoms with van der Waals surface area (Å²) in [5.74, 6) is -0.754. The number of esters is 1. The highest BCUT2D eigenvalue weighted by Crippen LogP contribution is 2.03. The van der Waals surface area contributed by atoms with Crippen molar-refractivity contribution in [1.82, 2.24) is 0 Å². The van der Waals surface area contributed by atoms with E-state index in [1.807, 2.05) is 0 Å². The van der Waals surface area contributed by atoms with E-state index in [0.29, 0.717) is 0 Å². The Morgan fingerprint density at radius 3 is 2.50 bits per heavy atom. The fraction of sp³-hybridized carbons (Fsp3) is 0.375. The Bertz CT molecular complexity index is 195. The third-order valence-electron chi connectivity index (χ3n) is 0.947. The maximum atomic E-state index is 10.8. The van der Waals surface area contributed by atoms with Crippen molar-refractivity contribution < 1.29 is 19.4 Å². The van der Waals surface area contributed by atoms with E-state index in [-0.39, 0.29) is 24.7 Å². The molecule has 0 unspecified atom stereocenters. The molecule has 0 aliphatic rings. The number of hydrogen-bond donors (Lipinski definition) is 1. The molecule has 12 heavy (non-hydrogen) atoms. The predicted octanol–water partition coefficient (Wildman–Crippen LogP) is 0.586. The zero-order chi connectivity index (χ0) is 9.56. The van der Waals surface area contributed by atoms with Crippen molar-refractivity contribution in [3.05, 3.63) is 24.7 Å². The molecule has 0 saturated heterocycles. The second-order valence-electron chi connectivity index (χ2n) is 1.94. The number of aliphatic hydroxyl groups excluding tert-OH is 1. The first-order valence-electron chi connectivity index (χ1n) is 3.44. The van der Waals surface area contributed by atoms with Crippen molar-refractivity contribution in [3.63, 3.8) is 0 Å². The standard InChI is InChI=1S/C8H12O4/c1-4-11-8(10)7(3)12-6(2)5-9/h9H,2-5H2,1H3. The molecule has 0 aromatic heterocycles. The van der Waals surface area contributed by atoms with Crippen molar-refractivity contribution >= 4 is 5.97 Å². The average molecular weight is 172 g/mol. The molecule has 0 saturated carbocycles. The fourth-order valence-electron chi connectivity index (χ4n) is 0.460. The van der Waals surface area contributed by atoms with E-state index in [0.717, 1.165) is 0 Å². The lowest BCUT2D eigenvalue weighted by Gasteiger charge is -2.07. The van der Waals surface area contributed by atoms with Gasteiger partial charge in [-0.25, -0.2) is 4.79 Å². The molecule has 0 bridgehead atoms. The maximum absolute atomic E-state index is 10.8. The minimum Gasteiger partial charge on any atom is -0.460 e. The minimum atomic E-state index is -0.646. The first-order valence-corrected chi connectivity index (χ1v) is 3.44. The van der Waals surface area contributed by atoms with Crippen LogP contribution in [0.3, 0.4) is 0 Å². The van der Waals surface area contributed by atoms with E-state index in [9.17, 15) is 4.79 Å². The molecule has 1 N–H and O–H groups in total. The van der Waals surface area contributed by atoms with Crippen LogP contribution in [0.5, 0.6) is 0 Å². The van der Waals surface area contributed by atoms with E-state index in [1.54, 1.807) is 6.92 Å². The van der Waals surface area contributed by atoms with Gasteiger partial charge < -0.3 is 14.6 Å². The fourth-order valence-corrected chi connectivity index (χ4v) is 0.460. The van der Waals surface area contributed by atoms with Crippen LogP contribution in [-0.4, -0.2) is 24.3 Å². The monoisotopic (exact) mass is 172 g/mol. The minimum absolute atomic E-state index is 0.0630. The summed E-state index contributed by atoms with van der Waals surface area (Å²) in [6.45, 7) is 8.19. The molecule has 0 aliphatic carbocycles. The van der Waals surface area contributed by atoms with Gasteiger partial charge in [0, 0.05) is 0 Å². The smallest absolute Gasteiger partial charge is 0.373 e. The van der Waals surface area contributed by atoms with Gasteiger partial charge in [0.1, 0.15) is 12.4 Å². The summed E-state index contributed by atoms with van der Waals surface area (Å²) in [7, 11) is 0. The molecular weight excluding hydrogens is 160 g/mol. The summed E-state index contributed by atoms with van der Waals surface area (Å²) in [6, 6.07) is 0. The quantitative estimate of drug-likeness (QED) is 0.374. The molecule has 0 spiro atoms. The lowest BCUT2D eigenvalue weighted by atomic mass is 10.5. The third-order valence-corrected chi connectivity index (χ3v) is 0.947. The Morgan fingerprint density at radius 2 is 2.08 bits per heavy atom. The molecule has 0 heterocycles.